The molecule has 12 heteroatoms. The van der Waals surface area contributed by atoms with E-state index in [-0.39, 0.29) is 11.0 Å². The molecule has 1 aliphatic carbocycles. The molecule has 38 heavy (non-hydrogen) atoms. The molecule has 1 saturated carbocycles. The summed E-state index contributed by atoms with van der Waals surface area (Å²) in [6.07, 6.45) is 6.09. The van der Waals surface area contributed by atoms with Gasteiger partial charge in [-0.1, -0.05) is 30.7 Å². The Labute approximate surface area is 228 Å². The average Bonchev–Trinajstić information content (AvgIpc) is 3.72. The van der Waals surface area contributed by atoms with Crippen molar-refractivity contribution in [2.75, 3.05) is 48.4 Å². The standard InChI is InChI=1S/C26H33ClN6O4S/c1-4-33(18-10-11-18)14-7-15-37-19-12-13-24(36-2)23(16-19)30-26-28-17-20(27)25(31-26)29-21-8-5-6-9-22(21)32-38(3,34)35/h5-6,8-9,12-13,16-18,32H,4,7,10-11,14-15H2,1-3H3,(H2,28,29,30,31). The van der Waals surface area contributed by atoms with Gasteiger partial charge in [0.05, 0.1) is 43.2 Å². The van der Waals surface area contributed by atoms with Crippen molar-refractivity contribution in [2.45, 2.75) is 32.2 Å². The molecule has 1 heterocycles. The third-order valence-corrected chi connectivity index (χ3v) is 6.83. The van der Waals surface area contributed by atoms with E-state index in [1.165, 1.54) is 19.0 Å². The second-order valence-corrected chi connectivity index (χ2v) is 11.1. The molecule has 4 rings (SSSR count). The van der Waals surface area contributed by atoms with E-state index < -0.39 is 10.0 Å². The van der Waals surface area contributed by atoms with E-state index in [4.69, 9.17) is 21.1 Å². The number of nitrogens with one attached hydrogen (secondary N) is 3. The molecule has 0 bridgehead atoms. The molecule has 0 atom stereocenters. The van der Waals surface area contributed by atoms with Crippen LogP contribution in [0.3, 0.4) is 0 Å². The van der Waals surface area contributed by atoms with Crippen LogP contribution in [-0.4, -0.2) is 62.4 Å². The quantitative estimate of drug-likeness (QED) is 0.227. The van der Waals surface area contributed by atoms with E-state index in [9.17, 15) is 8.42 Å². The van der Waals surface area contributed by atoms with Gasteiger partial charge in [-0.05, 0) is 50.1 Å². The van der Waals surface area contributed by atoms with E-state index in [2.05, 4.69) is 37.1 Å². The molecular weight excluding hydrogens is 528 g/mol. The summed E-state index contributed by atoms with van der Waals surface area (Å²) in [7, 11) is -1.89. The Kier molecular flexibility index (Phi) is 9.13. The van der Waals surface area contributed by atoms with Gasteiger partial charge in [-0.3, -0.25) is 4.72 Å². The minimum absolute atomic E-state index is 0.265. The van der Waals surface area contributed by atoms with Crippen molar-refractivity contribution in [2.24, 2.45) is 0 Å². The van der Waals surface area contributed by atoms with Gasteiger partial charge in [-0.15, -0.1) is 0 Å². The van der Waals surface area contributed by atoms with Crippen molar-refractivity contribution in [3.63, 3.8) is 0 Å². The lowest BCUT2D eigenvalue weighted by atomic mass is 10.2. The topological polar surface area (TPSA) is 118 Å². The highest BCUT2D eigenvalue weighted by atomic mass is 35.5. The molecule has 2 aromatic carbocycles. The number of methoxy groups -OCH3 is 1. The molecule has 1 aliphatic rings. The number of hydrogen-bond acceptors (Lipinski definition) is 9. The van der Waals surface area contributed by atoms with Crippen molar-refractivity contribution in [3.05, 3.63) is 53.7 Å². The molecule has 0 unspecified atom stereocenters. The van der Waals surface area contributed by atoms with Crippen LogP contribution in [0.2, 0.25) is 5.02 Å². The molecule has 3 aromatic rings. The predicted octanol–water partition coefficient (Wildman–Crippen LogP) is 5.25. The third-order valence-electron chi connectivity index (χ3n) is 5.96. The Morgan fingerprint density at radius 3 is 2.55 bits per heavy atom. The fourth-order valence-electron chi connectivity index (χ4n) is 4.01. The number of ether oxygens (including phenoxy) is 2. The molecule has 0 aliphatic heterocycles. The van der Waals surface area contributed by atoms with E-state index >= 15 is 0 Å². The van der Waals surface area contributed by atoms with E-state index in [1.807, 2.05) is 18.2 Å². The summed E-state index contributed by atoms with van der Waals surface area (Å²) in [6.45, 7) is 4.91. The second kappa shape index (κ2) is 12.5. The molecule has 0 amide bonds. The Morgan fingerprint density at radius 1 is 1.11 bits per heavy atom. The van der Waals surface area contributed by atoms with Crippen LogP contribution < -0.4 is 24.8 Å². The monoisotopic (exact) mass is 560 g/mol. The van der Waals surface area contributed by atoms with Crippen LogP contribution in [0, 0.1) is 0 Å². The van der Waals surface area contributed by atoms with Gasteiger partial charge in [0.25, 0.3) is 0 Å². The first kappa shape index (κ1) is 27.7. The molecule has 0 radical (unpaired) electrons. The highest BCUT2D eigenvalue weighted by Crippen LogP contribution is 2.33. The number of rotatable bonds is 14. The van der Waals surface area contributed by atoms with Gasteiger partial charge in [0, 0.05) is 18.7 Å². The van der Waals surface area contributed by atoms with Gasteiger partial charge < -0.3 is 25.0 Å². The number of para-hydroxylation sites is 2. The second-order valence-electron chi connectivity index (χ2n) is 8.98. The average molecular weight is 561 g/mol. The SMILES string of the molecule is CCN(CCCOc1ccc(OC)c(Nc2ncc(Cl)c(Nc3ccccc3NS(C)(=O)=O)n2)c1)C1CC1. The predicted molar refractivity (Wildman–Crippen MR) is 152 cm³/mol. The minimum atomic E-state index is -3.47. The zero-order valence-electron chi connectivity index (χ0n) is 21.7. The third kappa shape index (κ3) is 7.86. The van der Waals surface area contributed by atoms with Crippen LogP contribution >= 0.6 is 11.6 Å². The summed E-state index contributed by atoms with van der Waals surface area (Å²) in [5.41, 5.74) is 1.48. The highest BCUT2D eigenvalue weighted by molar-refractivity contribution is 7.92. The molecule has 204 valence electrons. The summed E-state index contributed by atoms with van der Waals surface area (Å²) in [4.78, 5) is 11.3. The van der Waals surface area contributed by atoms with Crippen LogP contribution in [0.15, 0.2) is 48.7 Å². The maximum Gasteiger partial charge on any atom is 0.229 e. The van der Waals surface area contributed by atoms with Crippen molar-refractivity contribution >= 4 is 50.5 Å². The summed E-state index contributed by atoms with van der Waals surface area (Å²) < 4.78 is 37.5. The van der Waals surface area contributed by atoms with Crippen LogP contribution in [0.4, 0.5) is 28.8 Å². The van der Waals surface area contributed by atoms with Crippen LogP contribution in [0.1, 0.15) is 26.2 Å². The summed E-state index contributed by atoms with van der Waals surface area (Å²) in [6, 6.07) is 13.1. The molecule has 1 fully saturated rings. The van der Waals surface area contributed by atoms with Gasteiger partial charge >= 0.3 is 0 Å². The molecule has 0 spiro atoms. The van der Waals surface area contributed by atoms with Gasteiger partial charge in [0.15, 0.2) is 5.82 Å². The number of halogens is 1. The van der Waals surface area contributed by atoms with E-state index in [1.54, 1.807) is 31.4 Å². The van der Waals surface area contributed by atoms with Gasteiger partial charge in [-0.2, -0.15) is 4.98 Å². The lowest BCUT2D eigenvalue weighted by molar-refractivity contribution is 0.235. The normalized spacial score (nSPS) is 13.3. The molecule has 1 aromatic heterocycles. The van der Waals surface area contributed by atoms with Gasteiger partial charge in [0.1, 0.15) is 16.5 Å². The Hall–Kier alpha value is -3.28. The summed E-state index contributed by atoms with van der Waals surface area (Å²) in [5, 5.41) is 6.51. The van der Waals surface area contributed by atoms with Crippen molar-refractivity contribution in [1.29, 1.82) is 0 Å². The zero-order valence-corrected chi connectivity index (χ0v) is 23.3. The van der Waals surface area contributed by atoms with Crippen molar-refractivity contribution in [1.82, 2.24) is 14.9 Å². The molecule has 10 nitrogen and oxygen atoms in total. The largest absolute Gasteiger partial charge is 0.495 e. The number of nitrogens with zero attached hydrogens (tertiary/aromatic N) is 3. The number of benzene rings is 2. The van der Waals surface area contributed by atoms with Crippen LogP contribution in [0.25, 0.3) is 0 Å². The number of anilines is 5. The first-order chi connectivity index (χ1) is 18.3. The maximum absolute atomic E-state index is 11.7. The smallest absolute Gasteiger partial charge is 0.229 e. The first-order valence-corrected chi connectivity index (χ1v) is 14.7. The molecule has 3 N–H and O–H groups in total. The fraction of sp³-hybridized carbons (Fsp3) is 0.385. The summed E-state index contributed by atoms with van der Waals surface area (Å²) in [5.74, 6) is 1.87. The van der Waals surface area contributed by atoms with Gasteiger partial charge in [0.2, 0.25) is 16.0 Å². The summed E-state index contributed by atoms with van der Waals surface area (Å²) >= 11 is 6.34. The Morgan fingerprint density at radius 2 is 1.87 bits per heavy atom. The minimum Gasteiger partial charge on any atom is -0.495 e. The van der Waals surface area contributed by atoms with Crippen molar-refractivity contribution in [3.8, 4) is 11.5 Å². The lowest BCUT2D eigenvalue weighted by Crippen LogP contribution is -2.27. The zero-order chi connectivity index (χ0) is 27.1. The lowest BCUT2D eigenvalue weighted by Gasteiger charge is -2.19. The fourth-order valence-corrected chi connectivity index (χ4v) is 4.73. The van der Waals surface area contributed by atoms with Crippen molar-refractivity contribution < 1.29 is 17.9 Å². The number of aromatic nitrogens is 2. The van der Waals surface area contributed by atoms with Crippen LogP contribution in [-0.2, 0) is 10.0 Å². The molecular formula is C26H33ClN6O4S. The number of hydrogen-bond donors (Lipinski definition) is 3. The first-order valence-electron chi connectivity index (χ1n) is 12.4. The Bertz CT molecular complexity index is 1350. The number of sulfonamides is 1. The van der Waals surface area contributed by atoms with E-state index in [0.717, 1.165) is 31.8 Å². The van der Waals surface area contributed by atoms with E-state index in [0.29, 0.717) is 41.0 Å². The highest BCUT2D eigenvalue weighted by Gasteiger charge is 2.27. The molecule has 0 saturated heterocycles. The van der Waals surface area contributed by atoms with Crippen LogP contribution in [0.5, 0.6) is 11.5 Å². The maximum atomic E-state index is 11.7. The van der Waals surface area contributed by atoms with Gasteiger partial charge in [-0.25, -0.2) is 13.4 Å². The Balaban J connectivity index is 1.45.